The number of methoxy groups -OCH3 is 1. The number of hydrogen-bond donors (Lipinski definition) is 1. The van der Waals surface area contributed by atoms with Crippen LogP contribution in [0.5, 0.6) is 11.5 Å². The zero-order chi connectivity index (χ0) is 24.6. The highest BCUT2D eigenvalue weighted by atomic mass is 28.3. The van der Waals surface area contributed by atoms with E-state index in [0.29, 0.717) is 5.57 Å². The highest BCUT2D eigenvalue weighted by Gasteiger charge is 2.38. The third kappa shape index (κ3) is 4.40. The molecule has 0 saturated carbocycles. The summed E-state index contributed by atoms with van der Waals surface area (Å²) in [5.41, 5.74) is 5.91. The van der Waals surface area contributed by atoms with Crippen molar-refractivity contribution in [1.82, 2.24) is 0 Å². The van der Waals surface area contributed by atoms with Crippen molar-refractivity contribution >= 4 is 20.6 Å². The Hall–Kier alpha value is -3.31. The molecular formula is C29H31O4Si. The average molecular weight is 472 g/mol. The number of fused-ring (bicyclic) bond motifs is 1. The predicted octanol–water partition coefficient (Wildman–Crippen LogP) is 6.65. The fraction of sp³-hybridized carbons (Fsp3) is 0.276. The fourth-order valence-electron chi connectivity index (χ4n) is 4.58. The van der Waals surface area contributed by atoms with E-state index in [-0.39, 0.29) is 11.3 Å². The van der Waals surface area contributed by atoms with E-state index in [1.165, 1.54) is 0 Å². The first-order valence-electron chi connectivity index (χ1n) is 11.5. The first kappa shape index (κ1) is 23.8. The maximum Gasteiger partial charge on any atom is 0.333 e. The summed E-state index contributed by atoms with van der Waals surface area (Å²) < 4.78 is 11.7. The van der Waals surface area contributed by atoms with Crippen LogP contribution in [-0.2, 0) is 10.2 Å². The largest absolute Gasteiger partial charge is 0.542 e. The Bertz CT molecular complexity index is 1250. The Balaban J connectivity index is 2.00. The number of carbonyl (C=O) groups is 1. The Morgan fingerprint density at radius 1 is 0.941 bits per heavy atom. The van der Waals surface area contributed by atoms with Crippen molar-refractivity contribution in [1.29, 1.82) is 0 Å². The maximum atomic E-state index is 12.8. The first-order chi connectivity index (χ1) is 16.1. The quantitative estimate of drug-likeness (QED) is 0.409. The number of hydrogen-bond acceptors (Lipinski definition) is 3. The Labute approximate surface area is 203 Å². The van der Waals surface area contributed by atoms with E-state index in [4.69, 9.17) is 9.16 Å². The van der Waals surface area contributed by atoms with Crippen LogP contribution in [0, 0.1) is 0 Å². The summed E-state index contributed by atoms with van der Waals surface area (Å²) in [6.07, 6.45) is 0. The van der Waals surface area contributed by atoms with E-state index in [0.717, 1.165) is 44.9 Å². The van der Waals surface area contributed by atoms with Crippen LogP contribution in [0.15, 0.2) is 72.3 Å². The maximum absolute atomic E-state index is 12.8. The van der Waals surface area contributed by atoms with Crippen molar-refractivity contribution in [2.75, 3.05) is 7.11 Å². The molecule has 34 heavy (non-hydrogen) atoms. The lowest BCUT2D eigenvalue weighted by Gasteiger charge is -2.23. The fourth-order valence-corrected chi connectivity index (χ4v) is 5.19. The molecule has 1 aliphatic carbocycles. The van der Waals surface area contributed by atoms with Gasteiger partial charge in [0.1, 0.15) is 11.5 Å². The minimum absolute atomic E-state index is 0.0474. The molecule has 1 N–H and O–H groups in total. The van der Waals surface area contributed by atoms with E-state index in [1.54, 1.807) is 7.11 Å². The SMILES string of the molecule is COc1ccc(C2C(C(=O)O)=C(c3ccc(C(C)(C)C)cc3O[Si](C)C)c3ccccc32)cc1. The highest BCUT2D eigenvalue weighted by Crippen LogP contribution is 2.50. The van der Waals surface area contributed by atoms with Gasteiger partial charge < -0.3 is 14.3 Å². The van der Waals surface area contributed by atoms with Crippen LogP contribution in [-0.4, -0.2) is 27.2 Å². The summed E-state index contributed by atoms with van der Waals surface area (Å²) in [5, 5.41) is 10.5. The smallest absolute Gasteiger partial charge is 0.333 e. The Morgan fingerprint density at radius 3 is 2.21 bits per heavy atom. The average Bonchev–Trinajstić information content (AvgIpc) is 3.13. The summed E-state index contributed by atoms with van der Waals surface area (Å²) >= 11 is 0. The lowest BCUT2D eigenvalue weighted by Crippen LogP contribution is -2.16. The van der Waals surface area contributed by atoms with Crippen molar-refractivity contribution < 1.29 is 19.1 Å². The van der Waals surface area contributed by atoms with Gasteiger partial charge in [0.05, 0.1) is 12.7 Å². The summed E-state index contributed by atoms with van der Waals surface area (Å²) in [7, 11) is 0.556. The third-order valence-corrected chi connectivity index (χ3v) is 6.84. The molecule has 4 nitrogen and oxygen atoms in total. The topological polar surface area (TPSA) is 55.8 Å². The zero-order valence-electron chi connectivity index (χ0n) is 20.6. The lowest BCUT2D eigenvalue weighted by molar-refractivity contribution is -0.132. The minimum atomic E-state index is -1.07. The minimum Gasteiger partial charge on any atom is -0.542 e. The van der Waals surface area contributed by atoms with Crippen molar-refractivity contribution in [3.8, 4) is 11.5 Å². The molecule has 3 aromatic rings. The number of carboxylic acid groups (broad SMARTS) is 1. The molecule has 1 atom stereocenters. The summed E-state index contributed by atoms with van der Waals surface area (Å²) in [6.45, 7) is 10.7. The van der Waals surface area contributed by atoms with Crippen molar-refractivity contribution in [3.63, 3.8) is 0 Å². The number of rotatable bonds is 6. The van der Waals surface area contributed by atoms with Crippen LogP contribution in [0.4, 0.5) is 0 Å². The number of aliphatic carboxylic acids is 1. The van der Waals surface area contributed by atoms with Gasteiger partial charge in [-0.2, -0.15) is 0 Å². The van der Waals surface area contributed by atoms with Gasteiger partial charge in [-0.05, 0) is 59.0 Å². The molecule has 1 aliphatic rings. The normalized spacial score (nSPS) is 15.4. The molecule has 175 valence electrons. The zero-order valence-corrected chi connectivity index (χ0v) is 21.6. The van der Waals surface area contributed by atoms with Gasteiger partial charge in [0.25, 0.3) is 9.04 Å². The van der Waals surface area contributed by atoms with Gasteiger partial charge in [-0.1, -0.05) is 69.3 Å². The van der Waals surface area contributed by atoms with Gasteiger partial charge in [0, 0.05) is 17.1 Å². The molecule has 1 radical (unpaired) electrons. The van der Waals surface area contributed by atoms with Gasteiger partial charge in [-0.25, -0.2) is 4.79 Å². The van der Waals surface area contributed by atoms with Crippen molar-refractivity contribution in [2.24, 2.45) is 0 Å². The second-order valence-corrected chi connectivity index (χ2v) is 11.9. The van der Waals surface area contributed by atoms with Crippen LogP contribution < -0.4 is 9.16 Å². The monoisotopic (exact) mass is 471 g/mol. The second-order valence-electron chi connectivity index (χ2n) is 9.86. The summed E-state index contributed by atoms with van der Waals surface area (Å²) in [4.78, 5) is 12.8. The number of ether oxygens (including phenoxy) is 1. The van der Waals surface area contributed by atoms with Gasteiger partial charge >= 0.3 is 5.97 Å². The molecule has 0 aromatic heterocycles. The van der Waals surface area contributed by atoms with Crippen LogP contribution in [0.2, 0.25) is 13.1 Å². The van der Waals surface area contributed by atoms with Gasteiger partial charge in [-0.3, -0.25) is 0 Å². The van der Waals surface area contributed by atoms with Gasteiger partial charge in [-0.15, -0.1) is 0 Å². The van der Waals surface area contributed by atoms with E-state index in [1.807, 2.05) is 54.6 Å². The van der Waals surface area contributed by atoms with Gasteiger partial charge in [0.15, 0.2) is 0 Å². The Morgan fingerprint density at radius 2 is 1.62 bits per heavy atom. The molecule has 0 amide bonds. The van der Waals surface area contributed by atoms with Crippen LogP contribution in [0.1, 0.15) is 54.5 Å². The molecule has 1 unspecified atom stereocenters. The van der Waals surface area contributed by atoms with E-state index < -0.39 is 15.0 Å². The second kappa shape index (κ2) is 9.14. The molecule has 5 heteroatoms. The highest BCUT2D eigenvalue weighted by molar-refractivity contribution is 6.49. The van der Waals surface area contributed by atoms with E-state index in [2.05, 4.69) is 46.0 Å². The van der Waals surface area contributed by atoms with E-state index in [9.17, 15) is 9.90 Å². The van der Waals surface area contributed by atoms with Crippen molar-refractivity contribution in [2.45, 2.75) is 45.2 Å². The predicted molar refractivity (Wildman–Crippen MR) is 138 cm³/mol. The van der Waals surface area contributed by atoms with Crippen molar-refractivity contribution in [3.05, 3.63) is 100 Å². The number of carboxylic acids is 1. The molecule has 0 aliphatic heterocycles. The standard InChI is InChI=1S/C29H31O4Si/c1-29(2,3)19-13-16-23(24(17-19)33-34(5)6)26-22-10-8-7-9-21(22)25(27(26)28(30)31)18-11-14-20(32-4)15-12-18/h7-17,25H,1-6H3,(H,30,31). The number of benzene rings is 3. The molecule has 3 aromatic carbocycles. The first-order valence-corrected chi connectivity index (χ1v) is 13.9. The molecule has 0 saturated heterocycles. The summed E-state index contributed by atoms with van der Waals surface area (Å²) in [5.74, 6) is 0.199. The van der Waals surface area contributed by atoms with Crippen LogP contribution in [0.3, 0.4) is 0 Å². The molecule has 4 rings (SSSR count). The molecule has 0 heterocycles. The Kier molecular flexibility index (Phi) is 6.41. The molecule has 0 fully saturated rings. The van der Waals surface area contributed by atoms with E-state index >= 15 is 0 Å². The lowest BCUT2D eigenvalue weighted by atomic mass is 9.85. The van der Waals surface area contributed by atoms with Gasteiger partial charge in [0.2, 0.25) is 0 Å². The molecular weight excluding hydrogens is 440 g/mol. The third-order valence-electron chi connectivity index (χ3n) is 6.21. The molecule has 0 spiro atoms. The van der Waals surface area contributed by atoms with Crippen LogP contribution in [0.25, 0.3) is 5.57 Å². The van der Waals surface area contributed by atoms with Crippen LogP contribution >= 0.6 is 0 Å². The summed E-state index contributed by atoms with van der Waals surface area (Å²) in [6, 6.07) is 21.9. The molecule has 0 bridgehead atoms.